The molecule has 3 nitrogen and oxygen atoms in total. The van der Waals surface area contributed by atoms with Gasteiger partial charge in [0.1, 0.15) is 0 Å². The average molecular weight is 792 g/mol. The smallest absolute Gasteiger partial charge is 0.0972 e. The molecule has 0 atom stereocenters. The van der Waals surface area contributed by atoms with E-state index in [1.54, 1.807) is 0 Å². The summed E-state index contributed by atoms with van der Waals surface area (Å²) in [5.74, 6) is 0. The largest absolute Gasteiger partial charge is 0.247 e. The van der Waals surface area contributed by atoms with Gasteiger partial charge >= 0.3 is 0 Å². The summed E-state index contributed by atoms with van der Waals surface area (Å²) in [7, 11) is 0. The lowest BCUT2D eigenvalue weighted by atomic mass is 9.94. The summed E-state index contributed by atoms with van der Waals surface area (Å²) in [5.41, 5.74) is 11.4. The summed E-state index contributed by atoms with van der Waals surface area (Å²) in [4.78, 5) is 15.6. The van der Waals surface area contributed by atoms with Gasteiger partial charge in [-0.05, 0) is 69.1 Å². The van der Waals surface area contributed by atoms with Crippen LogP contribution >= 0.6 is 11.3 Å². The Kier molecular flexibility index (Phi) is 7.47. The Labute approximate surface area is 354 Å². The molecule has 0 aliphatic heterocycles. The lowest BCUT2D eigenvalue weighted by molar-refractivity contribution is 1.37. The van der Waals surface area contributed by atoms with Gasteiger partial charge in [-0.15, -0.1) is 11.3 Å². The van der Waals surface area contributed by atoms with E-state index >= 15 is 0 Å². The van der Waals surface area contributed by atoms with Gasteiger partial charge in [0.2, 0.25) is 0 Å². The first kappa shape index (κ1) is 34.1. The maximum absolute atomic E-state index is 5.28. The van der Waals surface area contributed by atoms with Gasteiger partial charge in [-0.3, -0.25) is 0 Å². The Balaban J connectivity index is 0.876. The molecule has 4 heterocycles. The van der Waals surface area contributed by atoms with Crippen molar-refractivity contribution in [3.8, 4) is 44.9 Å². The standard InChI is InChI=1S/C57H33N3S/c1-2-8-36(9-3-1)49-30-25-38-20-21-39-26-31-50(59-56(39)55(38)58-49)42-24-27-43-41(32-42)23-17-35-16-22-40(33-48(35)43)34-14-18-37(19-15-34)54-47-29-28-45-44-10-5-7-13-52(44)61-57(45)53(47)46-11-4-6-12-51(46)60-54/h1-33H. The van der Waals surface area contributed by atoms with Crippen LogP contribution in [0, 0.1) is 0 Å². The normalized spacial score (nSPS) is 11.9. The third-order valence-electron chi connectivity index (χ3n) is 12.4. The molecule has 0 aliphatic carbocycles. The van der Waals surface area contributed by atoms with Crippen molar-refractivity contribution in [3.63, 3.8) is 0 Å². The third-order valence-corrected chi connectivity index (χ3v) is 13.6. The zero-order chi connectivity index (χ0) is 40.0. The molecule has 0 N–H and O–H groups in total. The van der Waals surface area contributed by atoms with Crippen LogP contribution in [0.4, 0.5) is 0 Å². The van der Waals surface area contributed by atoms with Crippen LogP contribution in [0.15, 0.2) is 200 Å². The first-order chi connectivity index (χ1) is 30.2. The highest BCUT2D eigenvalue weighted by atomic mass is 32.1. The molecule has 13 rings (SSSR count). The minimum atomic E-state index is 0.917. The van der Waals surface area contributed by atoms with Crippen LogP contribution < -0.4 is 0 Å². The lowest BCUT2D eigenvalue weighted by Crippen LogP contribution is -1.91. The second-order valence-electron chi connectivity index (χ2n) is 15.9. The van der Waals surface area contributed by atoms with Crippen LogP contribution in [0.1, 0.15) is 0 Å². The molecule has 9 aromatic carbocycles. The van der Waals surface area contributed by atoms with Gasteiger partial charge in [-0.2, -0.15) is 0 Å². The quantitative estimate of drug-likeness (QED) is 0.167. The van der Waals surface area contributed by atoms with Gasteiger partial charge in [-0.1, -0.05) is 164 Å². The molecule has 4 heteroatoms. The van der Waals surface area contributed by atoms with E-state index in [-0.39, 0.29) is 0 Å². The highest BCUT2D eigenvalue weighted by Gasteiger charge is 2.17. The summed E-state index contributed by atoms with van der Waals surface area (Å²) < 4.78 is 2.63. The van der Waals surface area contributed by atoms with E-state index in [0.717, 1.165) is 61.1 Å². The number of benzene rings is 9. The van der Waals surface area contributed by atoms with Crippen LogP contribution in [0.3, 0.4) is 0 Å². The highest BCUT2D eigenvalue weighted by molar-refractivity contribution is 7.26. The van der Waals surface area contributed by atoms with Crippen molar-refractivity contribution in [2.75, 3.05) is 0 Å². The number of thiophene rings is 1. The molecule has 13 aromatic rings. The molecule has 0 radical (unpaired) electrons. The zero-order valence-corrected chi connectivity index (χ0v) is 33.6. The Bertz CT molecular complexity index is 3930. The number of rotatable bonds is 4. The van der Waals surface area contributed by atoms with Crippen molar-refractivity contribution in [3.05, 3.63) is 200 Å². The molecular weight excluding hydrogens is 759 g/mol. The van der Waals surface area contributed by atoms with E-state index in [9.17, 15) is 0 Å². The van der Waals surface area contributed by atoms with Crippen molar-refractivity contribution in [2.45, 2.75) is 0 Å². The predicted octanol–water partition coefficient (Wildman–Crippen LogP) is 15.8. The Morgan fingerprint density at radius 1 is 0.311 bits per heavy atom. The fraction of sp³-hybridized carbons (Fsp3) is 0. The fourth-order valence-corrected chi connectivity index (χ4v) is 10.6. The molecule has 0 amide bonds. The minimum absolute atomic E-state index is 0.917. The maximum atomic E-state index is 5.28. The summed E-state index contributed by atoms with van der Waals surface area (Å²) in [6.45, 7) is 0. The average Bonchev–Trinajstić information content (AvgIpc) is 3.72. The van der Waals surface area contributed by atoms with Crippen LogP contribution in [0.2, 0.25) is 0 Å². The van der Waals surface area contributed by atoms with E-state index < -0.39 is 0 Å². The lowest BCUT2D eigenvalue weighted by Gasteiger charge is -2.12. The molecule has 0 saturated heterocycles. The number of pyridine rings is 3. The first-order valence-corrected chi connectivity index (χ1v) is 21.5. The minimum Gasteiger partial charge on any atom is -0.247 e. The second-order valence-corrected chi connectivity index (χ2v) is 17.0. The number of para-hydroxylation sites is 1. The summed E-state index contributed by atoms with van der Waals surface area (Å²) in [6.07, 6.45) is 0. The maximum Gasteiger partial charge on any atom is 0.0972 e. The van der Waals surface area contributed by atoms with Gasteiger partial charge in [-0.25, -0.2) is 15.0 Å². The molecule has 0 aliphatic rings. The number of nitrogens with zero attached hydrogens (tertiary/aromatic N) is 3. The summed E-state index contributed by atoms with van der Waals surface area (Å²) in [5, 5.41) is 13.3. The Morgan fingerprint density at radius 2 is 0.902 bits per heavy atom. The summed E-state index contributed by atoms with van der Waals surface area (Å²) in [6, 6.07) is 72.0. The third kappa shape index (κ3) is 5.46. The van der Waals surface area contributed by atoms with Crippen LogP contribution in [-0.4, -0.2) is 15.0 Å². The Hall–Kier alpha value is -7.79. The molecule has 0 spiro atoms. The van der Waals surface area contributed by atoms with Crippen molar-refractivity contribution in [2.24, 2.45) is 0 Å². The molecule has 282 valence electrons. The molecule has 0 fully saturated rings. The molecule has 0 unspecified atom stereocenters. The number of hydrogen-bond donors (Lipinski definition) is 0. The number of hydrogen-bond acceptors (Lipinski definition) is 4. The van der Waals surface area contributed by atoms with Crippen molar-refractivity contribution < 1.29 is 0 Å². The van der Waals surface area contributed by atoms with Crippen LogP contribution in [0.25, 0.3) is 130 Å². The SMILES string of the molecule is c1ccc(-c2ccc3ccc4ccc(-c5ccc6c(ccc7ccc(-c8ccc(-c9nc%10ccccc%10c%10c9ccc9c%11ccccc%11sc9%10)cc8)cc76)c5)nc4c3n2)cc1. The second kappa shape index (κ2) is 13.4. The Morgan fingerprint density at radius 3 is 1.72 bits per heavy atom. The molecule has 0 bridgehead atoms. The van der Waals surface area contributed by atoms with Gasteiger partial charge < -0.3 is 0 Å². The first-order valence-electron chi connectivity index (χ1n) is 20.7. The van der Waals surface area contributed by atoms with Crippen molar-refractivity contribution >= 4 is 96.5 Å². The number of fused-ring (bicyclic) bond motifs is 13. The van der Waals surface area contributed by atoms with E-state index in [0.29, 0.717) is 0 Å². The monoisotopic (exact) mass is 791 g/mol. The van der Waals surface area contributed by atoms with E-state index in [2.05, 4.69) is 194 Å². The fourth-order valence-electron chi connectivity index (χ4n) is 9.35. The van der Waals surface area contributed by atoms with E-state index in [1.165, 1.54) is 69.0 Å². The molecule has 4 aromatic heterocycles. The van der Waals surface area contributed by atoms with E-state index in [4.69, 9.17) is 15.0 Å². The predicted molar refractivity (Wildman–Crippen MR) is 259 cm³/mol. The molecule has 61 heavy (non-hydrogen) atoms. The van der Waals surface area contributed by atoms with E-state index in [1.807, 2.05) is 17.4 Å². The van der Waals surface area contributed by atoms with Gasteiger partial charge in [0.25, 0.3) is 0 Å². The van der Waals surface area contributed by atoms with Crippen molar-refractivity contribution in [1.29, 1.82) is 0 Å². The van der Waals surface area contributed by atoms with Crippen molar-refractivity contribution in [1.82, 2.24) is 15.0 Å². The van der Waals surface area contributed by atoms with Gasteiger partial charge in [0.05, 0.1) is 33.6 Å². The van der Waals surface area contributed by atoms with Crippen LogP contribution in [-0.2, 0) is 0 Å². The number of aromatic nitrogens is 3. The zero-order valence-electron chi connectivity index (χ0n) is 32.8. The topological polar surface area (TPSA) is 38.7 Å². The summed E-state index contributed by atoms with van der Waals surface area (Å²) >= 11 is 1.88. The van der Waals surface area contributed by atoms with Gasteiger partial charge in [0, 0.05) is 63.8 Å². The molecule has 0 saturated carbocycles. The van der Waals surface area contributed by atoms with Gasteiger partial charge in [0.15, 0.2) is 0 Å². The highest BCUT2D eigenvalue weighted by Crippen LogP contribution is 2.43. The van der Waals surface area contributed by atoms with Crippen LogP contribution in [0.5, 0.6) is 0 Å². The molecular formula is C57H33N3S.